The number of phenolic OH excluding ortho intramolecular Hbond substituents is 1. The SMILES string of the molecule is CCC(O)C1=C(O)C[C@@H]2C[C@@H]3Cc4c(-c5ccccc5)ccc(O)c4C(=O)C3C(O)[C@]2(O)C1=O. The minimum atomic E-state index is -2.29. The number of hydrogen-bond donors (Lipinski definition) is 5. The van der Waals surface area contributed by atoms with Gasteiger partial charge in [-0.05, 0) is 47.9 Å². The Bertz CT molecular complexity index is 1200. The number of carbonyl (C=O) groups excluding carboxylic acids is 2. The highest BCUT2D eigenvalue weighted by atomic mass is 16.4. The minimum absolute atomic E-state index is 0.0679. The van der Waals surface area contributed by atoms with Gasteiger partial charge in [-0.1, -0.05) is 43.3 Å². The quantitative estimate of drug-likeness (QED) is 0.471. The first-order valence-electron chi connectivity index (χ1n) is 11.7. The summed E-state index contributed by atoms with van der Waals surface area (Å²) in [5.74, 6) is -4.18. The zero-order chi connectivity index (χ0) is 24.4. The van der Waals surface area contributed by atoms with Crippen LogP contribution in [0.25, 0.3) is 11.1 Å². The highest BCUT2D eigenvalue weighted by molar-refractivity contribution is 6.08. The predicted molar refractivity (Wildman–Crippen MR) is 123 cm³/mol. The van der Waals surface area contributed by atoms with Crippen LogP contribution < -0.4 is 0 Å². The van der Waals surface area contributed by atoms with Gasteiger partial charge >= 0.3 is 0 Å². The van der Waals surface area contributed by atoms with Gasteiger partial charge in [0.15, 0.2) is 17.2 Å². The molecule has 0 heterocycles. The third kappa shape index (κ3) is 3.07. The number of aliphatic hydroxyl groups is 4. The van der Waals surface area contributed by atoms with E-state index in [1.165, 1.54) is 6.07 Å². The molecule has 2 aromatic carbocycles. The van der Waals surface area contributed by atoms with Gasteiger partial charge in [-0.3, -0.25) is 9.59 Å². The first-order chi connectivity index (χ1) is 16.2. The lowest BCUT2D eigenvalue weighted by Gasteiger charge is -2.52. The fourth-order valence-corrected chi connectivity index (χ4v) is 6.27. The number of fused-ring (bicyclic) bond motifs is 3. The summed E-state index contributed by atoms with van der Waals surface area (Å²) in [4.78, 5) is 27.0. The molecule has 0 radical (unpaired) electrons. The standard InChI is InChI=1S/C27H28O7/c1-2-18(28)23-20(30)12-15-10-14-11-17-16(13-6-4-3-5-7-13)8-9-19(29)22(17)24(31)21(14)25(32)27(15,34)26(23)33/h3-9,14-15,18,21,25,28-30,32,34H,2,10-12H2,1H3/t14-,15+,18?,21?,25?,27+/m1/s1. The van der Waals surface area contributed by atoms with Crippen molar-refractivity contribution in [2.24, 2.45) is 17.8 Å². The van der Waals surface area contributed by atoms with Gasteiger partial charge in [0.2, 0.25) is 0 Å². The Labute approximate surface area is 197 Å². The Balaban J connectivity index is 1.60. The lowest BCUT2D eigenvalue weighted by Crippen LogP contribution is -2.67. The summed E-state index contributed by atoms with van der Waals surface area (Å²) in [6.07, 6.45) is -2.31. The molecule has 2 aromatic rings. The van der Waals surface area contributed by atoms with E-state index in [-0.39, 0.29) is 47.8 Å². The van der Waals surface area contributed by atoms with Crippen molar-refractivity contribution in [2.45, 2.75) is 50.4 Å². The topological polar surface area (TPSA) is 135 Å². The fourth-order valence-electron chi connectivity index (χ4n) is 6.27. The van der Waals surface area contributed by atoms with Gasteiger partial charge in [0, 0.05) is 12.3 Å². The molecule has 7 nitrogen and oxygen atoms in total. The second kappa shape index (κ2) is 8.05. The number of hydrogen-bond acceptors (Lipinski definition) is 7. The Morgan fingerprint density at radius 3 is 2.44 bits per heavy atom. The van der Waals surface area contributed by atoms with Gasteiger partial charge in [-0.2, -0.15) is 0 Å². The lowest BCUT2D eigenvalue weighted by atomic mass is 9.54. The summed E-state index contributed by atoms with van der Waals surface area (Å²) in [5, 5.41) is 54.2. The maximum absolute atomic E-state index is 13.7. The van der Waals surface area contributed by atoms with Gasteiger partial charge in [-0.25, -0.2) is 0 Å². The first-order valence-corrected chi connectivity index (χ1v) is 11.7. The Morgan fingerprint density at radius 1 is 1.06 bits per heavy atom. The average Bonchev–Trinajstić information content (AvgIpc) is 2.82. The molecule has 1 saturated carbocycles. The van der Waals surface area contributed by atoms with Crippen LogP contribution in [0.5, 0.6) is 5.75 Å². The minimum Gasteiger partial charge on any atom is -0.512 e. The van der Waals surface area contributed by atoms with Crippen LogP contribution in [0.4, 0.5) is 0 Å². The van der Waals surface area contributed by atoms with Crippen LogP contribution in [0.2, 0.25) is 0 Å². The number of phenols is 1. The Hall–Kier alpha value is -3.00. The van der Waals surface area contributed by atoms with E-state index in [1.807, 2.05) is 30.3 Å². The van der Waals surface area contributed by atoms with Crippen molar-refractivity contribution < 1.29 is 35.1 Å². The summed E-state index contributed by atoms with van der Waals surface area (Å²) < 4.78 is 0. The molecule has 34 heavy (non-hydrogen) atoms. The summed E-state index contributed by atoms with van der Waals surface area (Å²) in [5.41, 5.74) is -0.0932. The summed E-state index contributed by atoms with van der Waals surface area (Å²) in [6.45, 7) is 1.64. The van der Waals surface area contributed by atoms with E-state index in [1.54, 1.807) is 13.0 Å². The third-order valence-electron chi connectivity index (χ3n) is 7.98. The molecule has 0 saturated heterocycles. The van der Waals surface area contributed by atoms with E-state index < -0.39 is 41.2 Å². The van der Waals surface area contributed by atoms with Crippen LogP contribution in [0.3, 0.4) is 0 Å². The molecule has 0 aromatic heterocycles. The van der Waals surface area contributed by atoms with Crippen molar-refractivity contribution in [3.8, 4) is 16.9 Å². The lowest BCUT2D eigenvalue weighted by molar-refractivity contribution is -0.183. The molecule has 3 aliphatic carbocycles. The first kappa shape index (κ1) is 22.8. The van der Waals surface area contributed by atoms with Gasteiger partial charge in [-0.15, -0.1) is 0 Å². The molecule has 6 atom stereocenters. The monoisotopic (exact) mass is 464 g/mol. The Morgan fingerprint density at radius 2 is 1.76 bits per heavy atom. The van der Waals surface area contributed by atoms with E-state index in [4.69, 9.17) is 0 Å². The van der Waals surface area contributed by atoms with Crippen molar-refractivity contribution in [1.82, 2.24) is 0 Å². The van der Waals surface area contributed by atoms with Gasteiger partial charge in [0.25, 0.3) is 0 Å². The molecule has 178 valence electrons. The highest BCUT2D eigenvalue weighted by Gasteiger charge is 2.63. The summed E-state index contributed by atoms with van der Waals surface area (Å²) in [6, 6.07) is 12.7. The molecule has 0 amide bonds. The van der Waals surface area contributed by atoms with Crippen molar-refractivity contribution in [1.29, 1.82) is 0 Å². The Kier molecular flexibility index (Phi) is 5.39. The molecule has 3 unspecified atom stereocenters. The number of ketones is 2. The fraction of sp³-hybridized carbons (Fsp3) is 0.407. The number of carbonyl (C=O) groups is 2. The highest BCUT2D eigenvalue weighted by Crippen LogP contribution is 2.53. The largest absolute Gasteiger partial charge is 0.512 e. The second-order valence-electron chi connectivity index (χ2n) is 9.73. The van der Waals surface area contributed by atoms with Crippen LogP contribution in [-0.4, -0.2) is 54.9 Å². The number of rotatable bonds is 3. The molecule has 7 heteroatoms. The number of Topliss-reactive ketones (excluding diaryl/α,β-unsaturated/α-hetero) is 2. The van der Waals surface area contributed by atoms with Crippen molar-refractivity contribution in [3.63, 3.8) is 0 Å². The molecular weight excluding hydrogens is 436 g/mol. The van der Waals surface area contributed by atoms with Gasteiger partial charge < -0.3 is 25.5 Å². The van der Waals surface area contributed by atoms with Gasteiger partial charge in [0.1, 0.15) is 17.6 Å². The molecule has 1 fully saturated rings. The molecule has 0 bridgehead atoms. The average molecular weight is 465 g/mol. The second-order valence-corrected chi connectivity index (χ2v) is 9.73. The van der Waals surface area contributed by atoms with Crippen molar-refractivity contribution in [3.05, 3.63) is 64.9 Å². The summed E-state index contributed by atoms with van der Waals surface area (Å²) in [7, 11) is 0. The number of benzene rings is 2. The van der Waals surface area contributed by atoms with Crippen LogP contribution in [0.15, 0.2) is 53.8 Å². The smallest absolute Gasteiger partial charge is 0.199 e. The maximum Gasteiger partial charge on any atom is 0.199 e. The number of allylic oxidation sites excluding steroid dienone is 1. The van der Waals surface area contributed by atoms with Crippen molar-refractivity contribution in [2.75, 3.05) is 0 Å². The molecule has 0 spiro atoms. The number of aromatic hydroxyl groups is 1. The van der Waals surface area contributed by atoms with Crippen LogP contribution in [0.1, 0.15) is 42.1 Å². The van der Waals surface area contributed by atoms with Crippen LogP contribution >= 0.6 is 0 Å². The van der Waals surface area contributed by atoms with E-state index in [9.17, 15) is 35.1 Å². The van der Waals surface area contributed by atoms with E-state index >= 15 is 0 Å². The number of aliphatic hydroxyl groups excluding tert-OH is 3. The van der Waals surface area contributed by atoms with Crippen LogP contribution in [-0.2, 0) is 11.2 Å². The summed E-state index contributed by atoms with van der Waals surface area (Å²) >= 11 is 0. The van der Waals surface area contributed by atoms with Crippen molar-refractivity contribution >= 4 is 11.6 Å². The third-order valence-corrected chi connectivity index (χ3v) is 7.98. The molecule has 3 aliphatic rings. The maximum atomic E-state index is 13.7. The molecular formula is C27H28O7. The zero-order valence-corrected chi connectivity index (χ0v) is 18.8. The van der Waals surface area contributed by atoms with E-state index in [2.05, 4.69) is 0 Å². The van der Waals surface area contributed by atoms with Gasteiger partial charge in [0.05, 0.1) is 23.2 Å². The van der Waals surface area contributed by atoms with E-state index in [0.29, 0.717) is 12.0 Å². The normalized spacial score (nSPS) is 31.5. The van der Waals surface area contributed by atoms with E-state index in [0.717, 1.165) is 11.1 Å². The molecule has 5 rings (SSSR count). The zero-order valence-electron chi connectivity index (χ0n) is 18.8. The predicted octanol–water partition coefficient (Wildman–Crippen LogP) is 2.70. The molecule has 5 N–H and O–H groups in total. The van der Waals surface area contributed by atoms with Crippen LogP contribution in [0, 0.1) is 17.8 Å². The molecule has 0 aliphatic heterocycles.